The number of nitrogens with one attached hydrogen (secondary N) is 1. The van der Waals surface area contributed by atoms with Crippen molar-refractivity contribution >= 4 is 6.09 Å². The molecule has 2 aliphatic rings. The highest BCUT2D eigenvalue weighted by atomic mass is 16.6. The van der Waals surface area contributed by atoms with Crippen molar-refractivity contribution in [2.45, 2.75) is 38.2 Å². The predicted molar refractivity (Wildman–Crippen MR) is 57.8 cm³/mol. The molecule has 2 fully saturated rings. The fraction of sp³-hybridized carbons (Fsp3) is 0.909. The van der Waals surface area contributed by atoms with Crippen LogP contribution in [-0.4, -0.2) is 42.8 Å². The number of alkyl carbamates (subject to hydrolysis) is 1. The Morgan fingerprint density at radius 2 is 2.33 bits per heavy atom. The van der Waals surface area contributed by atoms with Gasteiger partial charge in [-0.25, -0.2) is 4.79 Å². The Labute approximate surface area is 91.0 Å². The molecule has 2 heterocycles. The average Bonchev–Trinajstić information content (AvgIpc) is 2.45. The van der Waals surface area contributed by atoms with Gasteiger partial charge in [0.2, 0.25) is 0 Å². The molecule has 1 atom stereocenters. The number of nitrogens with zero attached hydrogens (tertiary/aromatic N) is 1. The molecule has 1 amide bonds. The number of hydrogen-bond acceptors (Lipinski definition) is 3. The second-order valence-electron chi connectivity index (χ2n) is 4.62. The Hall–Kier alpha value is -0.770. The zero-order chi connectivity index (χ0) is 10.7. The molecule has 2 aliphatic heterocycles. The monoisotopic (exact) mass is 212 g/mol. The van der Waals surface area contributed by atoms with Gasteiger partial charge >= 0.3 is 6.09 Å². The Balaban J connectivity index is 1.92. The number of carbonyl (C=O) groups is 1. The van der Waals surface area contributed by atoms with E-state index in [4.69, 9.17) is 4.74 Å². The lowest BCUT2D eigenvalue weighted by atomic mass is 9.95. The minimum atomic E-state index is -0.237. The summed E-state index contributed by atoms with van der Waals surface area (Å²) in [5.41, 5.74) is -0.195. The van der Waals surface area contributed by atoms with Gasteiger partial charge in [-0.05, 0) is 32.4 Å². The quantitative estimate of drug-likeness (QED) is 0.751. The van der Waals surface area contributed by atoms with Gasteiger partial charge in [-0.2, -0.15) is 0 Å². The van der Waals surface area contributed by atoms with E-state index in [-0.39, 0.29) is 11.7 Å². The first-order chi connectivity index (χ1) is 7.24. The maximum atomic E-state index is 11.1. The van der Waals surface area contributed by atoms with Gasteiger partial charge in [0.15, 0.2) is 0 Å². The summed E-state index contributed by atoms with van der Waals surface area (Å²) < 4.78 is 5.42. The zero-order valence-corrected chi connectivity index (χ0v) is 9.42. The van der Waals surface area contributed by atoms with E-state index in [0.717, 1.165) is 38.9 Å². The molecule has 0 saturated carbocycles. The van der Waals surface area contributed by atoms with E-state index >= 15 is 0 Å². The van der Waals surface area contributed by atoms with Crippen molar-refractivity contribution in [1.29, 1.82) is 0 Å². The van der Waals surface area contributed by atoms with Crippen LogP contribution in [0.2, 0.25) is 0 Å². The largest absolute Gasteiger partial charge is 0.441 e. The second kappa shape index (κ2) is 4.39. The molecule has 0 aliphatic carbocycles. The molecule has 4 nitrogen and oxygen atoms in total. The van der Waals surface area contributed by atoms with Crippen LogP contribution in [0.4, 0.5) is 4.79 Å². The molecule has 0 aromatic carbocycles. The maximum absolute atomic E-state index is 11.1. The van der Waals surface area contributed by atoms with Gasteiger partial charge < -0.3 is 15.0 Å². The van der Waals surface area contributed by atoms with Gasteiger partial charge in [-0.1, -0.05) is 6.92 Å². The van der Waals surface area contributed by atoms with E-state index in [9.17, 15) is 4.79 Å². The van der Waals surface area contributed by atoms with Gasteiger partial charge in [0.25, 0.3) is 0 Å². The minimum Gasteiger partial charge on any atom is -0.441 e. The van der Waals surface area contributed by atoms with E-state index in [1.54, 1.807) is 0 Å². The first-order valence-electron chi connectivity index (χ1n) is 5.93. The Morgan fingerprint density at radius 1 is 1.47 bits per heavy atom. The molecule has 1 spiro atoms. The number of carbonyl (C=O) groups excluding carboxylic acids is 1. The summed E-state index contributed by atoms with van der Waals surface area (Å²) in [6, 6.07) is 0. The normalized spacial score (nSPS) is 32.5. The van der Waals surface area contributed by atoms with Crippen LogP contribution in [0.25, 0.3) is 0 Å². The number of likely N-dealkylation sites (tertiary alicyclic amines) is 1. The fourth-order valence-electron chi connectivity index (χ4n) is 2.54. The molecule has 86 valence electrons. The van der Waals surface area contributed by atoms with Gasteiger partial charge in [0, 0.05) is 13.0 Å². The summed E-state index contributed by atoms with van der Waals surface area (Å²) in [7, 11) is 0. The van der Waals surface area contributed by atoms with Gasteiger partial charge in [-0.3, -0.25) is 0 Å². The molecular formula is C11H20N2O2. The molecule has 4 heteroatoms. The molecule has 2 saturated heterocycles. The molecule has 15 heavy (non-hydrogen) atoms. The first-order valence-corrected chi connectivity index (χ1v) is 5.93. The first kappa shape index (κ1) is 10.7. The van der Waals surface area contributed by atoms with Crippen LogP contribution in [0.15, 0.2) is 0 Å². The third kappa shape index (κ3) is 2.43. The standard InChI is InChI=1S/C11H20N2O2/c1-2-6-13-7-3-4-11(5-8-13)9-12-10(14)15-11/h2-9H2,1H3,(H,12,14). The number of rotatable bonds is 2. The van der Waals surface area contributed by atoms with E-state index in [2.05, 4.69) is 17.1 Å². The number of ether oxygens (including phenoxy) is 1. The van der Waals surface area contributed by atoms with Crippen LogP contribution in [0.3, 0.4) is 0 Å². The predicted octanol–water partition coefficient (Wildman–Crippen LogP) is 1.36. The molecule has 0 aromatic heterocycles. The summed E-state index contributed by atoms with van der Waals surface area (Å²) in [6.07, 6.45) is 4.08. The summed E-state index contributed by atoms with van der Waals surface area (Å²) in [5.74, 6) is 0. The van der Waals surface area contributed by atoms with E-state index in [0.29, 0.717) is 6.54 Å². The number of amides is 1. The fourth-order valence-corrected chi connectivity index (χ4v) is 2.54. The van der Waals surface area contributed by atoms with Crippen molar-refractivity contribution < 1.29 is 9.53 Å². The van der Waals surface area contributed by atoms with E-state index in [1.807, 2.05) is 0 Å². The Bertz CT molecular complexity index is 245. The second-order valence-corrected chi connectivity index (χ2v) is 4.62. The molecule has 2 rings (SSSR count). The van der Waals surface area contributed by atoms with Crippen LogP contribution < -0.4 is 5.32 Å². The SMILES string of the molecule is CCCN1CCCC2(CC1)CNC(=O)O2. The lowest BCUT2D eigenvalue weighted by molar-refractivity contribution is 0.0445. The van der Waals surface area contributed by atoms with Gasteiger partial charge in [0.05, 0.1) is 6.54 Å². The van der Waals surface area contributed by atoms with E-state index in [1.165, 1.54) is 6.42 Å². The van der Waals surface area contributed by atoms with Crippen LogP contribution in [0.1, 0.15) is 32.6 Å². The van der Waals surface area contributed by atoms with Gasteiger partial charge in [0.1, 0.15) is 5.60 Å². The summed E-state index contributed by atoms with van der Waals surface area (Å²) >= 11 is 0. The zero-order valence-electron chi connectivity index (χ0n) is 9.42. The highest BCUT2D eigenvalue weighted by molar-refractivity contribution is 5.70. The molecule has 1 unspecified atom stereocenters. The van der Waals surface area contributed by atoms with Crippen LogP contribution in [0, 0.1) is 0 Å². The van der Waals surface area contributed by atoms with Crippen LogP contribution in [0.5, 0.6) is 0 Å². The van der Waals surface area contributed by atoms with Crippen molar-refractivity contribution in [3.05, 3.63) is 0 Å². The van der Waals surface area contributed by atoms with Crippen molar-refractivity contribution in [3.8, 4) is 0 Å². The summed E-state index contributed by atoms with van der Waals surface area (Å²) in [4.78, 5) is 13.6. The molecule has 0 bridgehead atoms. The van der Waals surface area contributed by atoms with Crippen LogP contribution >= 0.6 is 0 Å². The summed E-state index contributed by atoms with van der Waals surface area (Å²) in [5, 5.41) is 2.77. The topological polar surface area (TPSA) is 41.6 Å². The lowest BCUT2D eigenvalue weighted by Crippen LogP contribution is -2.35. The highest BCUT2D eigenvalue weighted by Gasteiger charge is 2.41. The molecule has 0 aromatic rings. The van der Waals surface area contributed by atoms with E-state index < -0.39 is 0 Å². The van der Waals surface area contributed by atoms with Gasteiger partial charge in [-0.15, -0.1) is 0 Å². The smallest absolute Gasteiger partial charge is 0.407 e. The molecule has 0 radical (unpaired) electrons. The van der Waals surface area contributed by atoms with Crippen molar-refractivity contribution in [1.82, 2.24) is 10.2 Å². The van der Waals surface area contributed by atoms with Crippen molar-refractivity contribution in [2.75, 3.05) is 26.2 Å². The Kier molecular flexibility index (Phi) is 3.14. The maximum Gasteiger partial charge on any atom is 0.407 e. The third-order valence-corrected chi connectivity index (χ3v) is 3.39. The highest BCUT2D eigenvalue weighted by Crippen LogP contribution is 2.29. The number of hydrogen-bond donors (Lipinski definition) is 1. The average molecular weight is 212 g/mol. The van der Waals surface area contributed by atoms with Crippen molar-refractivity contribution in [3.63, 3.8) is 0 Å². The molecular weight excluding hydrogens is 192 g/mol. The lowest BCUT2D eigenvalue weighted by Gasteiger charge is -2.24. The third-order valence-electron chi connectivity index (χ3n) is 3.39. The molecule has 1 N–H and O–H groups in total. The van der Waals surface area contributed by atoms with Crippen LogP contribution in [-0.2, 0) is 4.74 Å². The summed E-state index contributed by atoms with van der Waals surface area (Å²) in [6.45, 7) is 6.27. The van der Waals surface area contributed by atoms with Crippen molar-refractivity contribution in [2.24, 2.45) is 0 Å². The minimum absolute atomic E-state index is 0.195. The Morgan fingerprint density at radius 3 is 3.00 bits per heavy atom.